The molecule has 0 spiro atoms. The van der Waals surface area contributed by atoms with Crippen molar-refractivity contribution >= 4 is 44.7 Å². The number of rotatable bonds is 2. The van der Waals surface area contributed by atoms with Crippen LogP contribution in [-0.2, 0) is 0 Å². The van der Waals surface area contributed by atoms with Gasteiger partial charge < -0.3 is 5.32 Å². The van der Waals surface area contributed by atoms with Crippen molar-refractivity contribution in [3.05, 3.63) is 45.1 Å². The molecule has 0 fully saturated rings. The largest absolute Gasteiger partial charge is 0.340 e. The quantitative estimate of drug-likeness (QED) is 0.695. The Bertz CT molecular complexity index is 839. The number of halogens is 1. The molecule has 0 radical (unpaired) electrons. The highest BCUT2D eigenvalue weighted by atomic mass is 35.5. The second-order valence-corrected chi connectivity index (χ2v) is 6.78. The molecule has 3 rings (SSSR count). The monoisotopic (exact) mass is 317 g/mol. The molecule has 0 unspecified atom stereocenters. The Balaban J connectivity index is 2.13. The van der Waals surface area contributed by atoms with Crippen molar-refractivity contribution in [2.75, 3.05) is 5.32 Å². The molecule has 108 valence electrons. The van der Waals surface area contributed by atoms with Crippen molar-refractivity contribution in [3.63, 3.8) is 0 Å². The Hall–Kier alpha value is -1.65. The molecular weight excluding hydrogens is 302 g/mol. The number of nitrogens with zero attached hydrogens (tertiary/aromatic N) is 2. The molecule has 2 heterocycles. The number of hydrogen-bond donors (Lipinski definition) is 1. The van der Waals surface area contributed by atoms with Gasteiger partial charge in [-0.05, 0) is 51.0 Å². The lowest BCUT2D eigenvalue weighted by Crippen LogP contribution is -1.98. The first-order valence-corrected chi connectivity index (χ1v) is 7.92. The number of anilines is 2. The molecule has 1 N–H and O–H groups in total. The topological polar surface area (TPSA) is 37.8 Å². The van der Waals surface area contributed by atoms with E-state index in [4.69, 9.17) is 11.6 Å². The number of nitrogens with one attached hydrogen (secondary N) is 1. The lowest BCUT2D eigenvalue weighted by atomic mass is 10.2. The molecule has 0 aliphatic carbocycles. The molecule has 0 bridgehead atoms. The Morgan fingerprint density at radius 1 is 1.10 bits per heavy atom. The first-order chi connectivity index (χ1) is 9.95. The summed E-state index contributed by atoms with van der Waals surface area (Å²) in [6.45, 7) is 8.13. The zero-order valence-electron chi connectivity index (χ0n) is 12.4. The molecule has 0 aliphatic rings. The second-order valence-electron chi connectivity index (χ2n) is 5.17. The van der Waals surface area contributed by atoms with Crippen molar-refractivity contribution in [1.29, 1.82) is 0 Å². The number of aromatic nitrogens is 2. The molecule has 0 saturated heterocycles. The van der Waals surface area contributed by atoms with Crippen LogP contribution in [0.3, 0.4) is 0 Å². The summed E-state index contributed by atoms with van der Waals surface area (Å²) in [5.74, 6) is 1.61. The molecule has 0 amide bonds. The van der Waals surface area contributed by atoms with Crippen molar-refractivity contribution in [2.24, 2.45) is 0 Å². The average Bonchev–Trinajstić information content (AvgIpc) is 2.69. The summed E-state index contributed by atoms with van der Waals surface area (Å²) in [6.07, 6.45) is 0. The number of aryl methyl sites for hydroxylation is 4. The van der Waals surface area contributed by atoms with Gasteiger partial charge >= 0.3 is 0 Å². The standard InChI is InChI=1S/C16H16ClN3S/c1-8-5-6-12(7-13(8)17)20-15-14-9(2)10(3)21-16(14)19-11(4)18-15/h5-7H,1-4H3,(H,18,19,20). The van der Waals surface area contributed by atoms with Crippen LogP contribution in [0.4, 0.5) is 11.5 Å². The molecule has 3 nitrogen and oxygen atoms in total. The van der Waals surface area contributed by atoms with Gasteiger partial charge in [0.2, 0.25) is 0 Å². The van der Waals surface area contributed by atoms with E-state index in [1.807, 2.05) is 32.0 Å². The van der Waals surface area contributed by atoms with Gasteiger partial charge in [0.15, 0.2) is 0 Å². The summed E-state index contributed by atoms with van der Waals surface area (Å²) < 4.78 is 0. The minimum absolute atomic E-state index is 0.750. The van der Waals surface area contributed by atoms with Gasteiger partial charge in [-0.2, -0.15) is 0 Å². The molecule has 2 aromatic heterocycles. The fraction of sp³-hybridized carbons (Fsp3) is 0.250. The van der Waals surface area contributed by atoms with Gasteiger partial charge in [-0.3, -0.25) is 0 Å². The average molecular weight is 318 g/mol. The van der Waals surface area contributed by atoms with Gasteiger partial charge in [0.05, 0.1) is 5.39 Å². The predicted octanol–water partition coefficient (Wildman–Crippen LogP) is 5.32. The van der Waals surface area contributed by atoms with Crippen LogP contribution in [0.15, 0.2) is 18.2 Å². The van der Waals surface area contributed by atoms with E-state index >= 15 is 0 Å². The van der Waals surface area contributed by atoms with Crippen molar-refractivity contribution in [2.45, 2.75) is 27.7 Å². The molecular formula is C16H16ClN3S. The van der Waals surface area contributed by atoms with Crippen LogP contribution in [0, 0.1) is 27.7 Å². The zero-order chi connectivity index (χ0) is 15.1. The summed E-state index contributed by atoms with van der Waals surface area (Å²) in [5, 5.41) is 5.23. The SMILES string of the molecule is Cc1nc(Nc2ccc(C)c(Cl)c2)c2c(C)c(C)sc2n1. The molecule has 3 aromatic rings. The van der Waals surface area contributed by atoms with Crippen molar-refractivity contribution in [3.8, 4) is 0 Å². The van der Waals surface area contributed by atoms with E-state index in [-0.39, 0.29) is 0 Å². The Morgan fingerprint density at radius 2 is 1.86 bits per heavy atom. The highest BCUT2D eigenvalue weighted by Gasteiger charge is 2.13. The third kappa shape index (κ3) is 2.61. The first-order valence-electron chi connectivity index (χ1n) is 6.73. The highest BCUT2D eigenvalue weighted by Crippen LogP contribution is 2.34. The van der Waals surface area contributed by atoms with Gasteiger partial charge in [-0.25, -0.2) is 9.97 Å². The summed E-state index contributed by atoms with van der Waals surface area (Å²) in [4.78, 5) is 11.4. The third-order valence-corrected chi connectivity index (χ3v) is 5.08. The van der Waals surface area contributed by atoms with Crippen LogP contribution in [0.25, 0.3) is 10.2 Å². The van der Waals surface area contributed by atoms with Crippen LogP contribution in [0.1, 0.15) is 21.8 Å². The van der Waals surface area contributed by atoms with Gasteiger partial charge in [-0.15, -0.1) is 11.3 Å². The summed E-state index contributed by atoms with van der Waals surface area (Å²) in [7, 11) is 0. The van der Waals surface area contributed by atoms with E-state index in [2.05, 4.69) is 29.1 Å². The van der Waals surface area contributed by atoms with Crippen LogP contribution in [-0.4, -0.2) is 9.97 Å². The van der Waals surface area contributed by atoms with Crippen LogP contribution >= 0.6 is 22.9 Å². The first kappa shape index (κ1) is 14.3. The smallest absolute Gasteiger partial charge is 0.143 e. The lowest BCUT2D eigenvalue weighted by molar-refractivity contribution is 1.10. The van der Waals surface area contributed by atoms with E-state index in [1.165, 1.54) is 10.4 Å². The minimum Gasteiger partial charge on any atom is -0.340 e. The fourth-order valence-electron chi connectivity index (χ4n) is 2.25. The molecule has 0 saturated carbocycles. The lowest BCUT2D eigenvalue weighted by Gasteiger charge is -2.09. The van der Waals surface area contributed by atoms with E-state index in [0.717, 1.165) is 38.1 Å². The van der Waals surface area contributed by atoms with Crippen LogP contribution in [0.2, 0.25) is 5.02 Å². The summed E-state index contributed by atoms with van der Waals surface area (Å²) in [6, 6.07) is 5.94. The fourth-order valence-corrected chi connectivity index (χ4v) is 3.51. The van der Waals surface area contributed by atoms with Gasteiger partial charge in [0.1, 0.15) is 16.5 Å². The normalized spacial score (nSPS) is 11.1. The van der Waals surface area contributed by atoms with Gasteiger partial charge in [0, 0.05) is 15.6 Å². The highest BCUT2D eigenvalue weighted by molar-refractivity contribution is 7.18. The molecule has 21 heavy (non-hydrogen) atoms. The maximum absolute atomic E-state index is 6.19. The van der Waals surface area contributed by atoms with E-state index in [1.54, 1.807) is 11.3 Å². The Kier molecular flexibility index (Phi) is 3.59. The van der Waals surface area contributed by atoms with Crippen LogP contribution in [0.5, 0.6) is 0 Å². The van der Waals surface area contributed by atoms with E-state index in [9.17, 15) is 0 Å². The third-order valence-electron chi connectivity index (χ3n) is 3.58. The number of fused-ring (bicyclic) bond motifs is 1. The summed E-state index contributed by atoms with van der Waals surface area (Å²) in [5.41, 5.74) is 3.23. The number of benzene rings is 1. The minimum atomic E-state index is 0.750. The second kappa shape index (κ2) is 5.28. The van der Waals surface area contributed by atoms with E-state index in [0.29, 0.717) is 0 Å². The zero-order valence-corrected chi connectivity index (χ0v) is 14.0. The molecule has 0 atom stereocenters. The van der Waals surface area contributed by atoms with Crippen molar-refractivity contribution < 1.29 is 0 Å². The van der Waals surface area contributed by atoms with Crippen molar-refractivity contribution in [1.82, 2.24) is 9.97 Å². The maximum Gasteiger partial charge on any atom is 0.143 e. The number of thiophene rings is 1. The summed E-state index contributed by atoms with van der Waals surface area (Å²) >= 11 is 7.90. The Labute approximate surface area is 133 Å². The van der Waals surface area contributed by atoms with Gasteiger partial charge in [-0.1, -0.05) is 17.7 Å². The number of hydrogen-bond acceptors (Lipinski definition) is 4. The van der Waals surface area contributed by atoms with Gasteiger partial charge in [0.25, 0.3) is 0 Å². The Morgan fingerprint density at radius 3 is 2.57 bits per heavy atom. The molecule has 0 aliphatic heterocycles. The van der Waals surface area contributed by atoms with E-state index < -0.39 is 0 Å². The van der Waals surface area contributed by atoms with Crippen LogP contribution < -0.4 is 5.32 Å². The molecule has 1 aromatic carbocycles. The maximum atomic E-state index is 6.19. The predicted molar refractivity (Wildman–Crippen MR) is 91.1 cm³/mol. The molecule has 5 heteroatoms.